The van der Waals surface area contributed by atoms with Crippen molar-refractivity contribution in [3.05, 3.63) is 59.3 Å². The number of alkyl carbamates (subject to hydrolysis) is 1. The molecule has 10 nitrogen and oxygen atoms in total. The van der Waals surface area contributed by atoms with Crippen LogP contribution in [-0.4, -0.2) is 79.6 Å². The largest absolute Gasteiger partial charge is 0.467 e. The molecule has 1 aromatic heterocycles. The molecule has 1 aliphatic heterocycles. The summed E-state index contributed by atoms with van der Waals surface area (Å²) >= 11 is 0. The molecule has 0 fully saturated rings. The number of aryl methyl sites for hydroxylation is 2. The van der Waals surface area contributed by atoms with Gasteiger partial charge in [0.15, 0.2) is 0 Å². The quantitative estimate of drug-likeness (QED) is 0.157. The van der Waals surface area contributed by atoms with Gasteiger partial charge in [0.25, 0.3) is 0 Å². The fraction of sp³-hybridized carbons (Fsp3) is 0.576. The summed E-state index contributed by atoms with van der Waals surface area (Å²) in [6.07, 6.45) is 3.73. The number of nitrogens with zero attached hydrogens (tertiary/aromatic N) is 3. The van der Waals surface area contributed by atoms with Crippen molar-refractivity contribution in [1.82, 2.24) is 15.2 Å². The highest BCUT2D eigenvalue weighted by molar-refractivity contribution is 5.88. The van der Waals surface area contributed by atoms with Gasteiger partial charge in [-0.1, -0.05) is 36.4 Å². The first-order valence-corrected chi connectivity index (χ1v) is 15.4. The SMILES string of the molecule is COC(=O)[C@H](CCN(CCCF)CCCCc1ccc2c(n1)N(C(=O)OC(C)(C)C)CCC2)NC(=O)OCc1ccccc1. The van der Waals surface area contributed by atoms with Crippen LogP contribution in [0.15, 0.2) is 42.5 Å². The molecule has 0 saturated heterocycles. The molecule has 0 aliphatic carbocycles. The Kier molecular flexibility index (Phi) is 13.9. The molecule has 1 N–H and O–H groups in total. The third-order valence-electron chi connectivity index (χ3n) is 7.20. The zero-order valence-electron chi connectivity index (χ0n) is 26.5. The van der Waals surface area contributed by atoms with Gasteiger partial charge < -0.3 is 24.4 Å². The Hall–Kier alpha value is -3.73. The van der Waals surface area contributed by atoms with Crippen LogP contribution in [0.25, 0.3) is 0 Å². The van der Waals surface area contributed by atoms with E-state index in [0.717, 1.165) is 48.9 Å². The van der Waals surface area contributed by atoms with E-state index in [0.29, 0.717) is 44.8 Å². The third-order valence-corrected chi connectivity index (χ3v) is 7.20. The van der Waals surface area contributed by atoms with E-state index in [-0.39, 0.29) is 12.7 Å². The number of alkyl halides is 1. The lowest BCUT2D eigenvalue weighted by atomic mass is 10.0. The van der Waals surface area contributed by atoms with E-state index in [1.807, 2.05) is 63.2 Å². The van der Waals surface area contributed by atoms with Crippen molar-refractivity contribution in [1.29, 1.82) is 0 Å². The van der Waals surface area contributed by atoms with Gasteiger partial charge in [-0.25, -0.2) is 19.4 Å². The lowest BCUT2D eigenvalue weighted by molar-refractivity contribution is -0.143. The molecule has 1 atom stereocenters. The van der Waals surface area contributed by atoms with Crippen LogP contribution in [0.1, 0.15) is 69.7 Å². The van der Waals surface area contributed by atoms with Crippen LogP contribution in [0.2, 0.25) is 0 Å². The Bertz CT molecular complexity index is 1210. The van der Waals surface area contributed by atoms with Gasteiger partial charge in [-0.05, 0) is 89.5 Å². The first-order valence-electron chi connectivity index (χ1n) is 15.4. The number of esters is 1. The molecule has 1 aromatic carbocycles. The van der Waals surface area contributed by atoms with Crippen molar-refractivity contribution in [2.24, 2.45) is 0 Å². The molecular formula is C33H47FN4O6. The van der Waals surface area contributed by atoms with Gasteiger partial charge in [0.2, 0.25) is 0 Å². The molecule has 0 radical (unpaired) electrons. The zero-order valence-corrected chi connectivity index (χ0v) is 26.5. The number of hydrogen-bond acceptors (Lipinski definition) is 8. The fourth-order valence-electron chi connectivity index (χ4n) is 4.98. The highest BCUT2D eigenvalue weighted by Gasteiger charge is 2.28. The average molecular weight is 615 g/mol. The van der Waals surface area contributed by atoms with Gasteiger partial charge in [-0.3, -0.25) is 9.29 Å². The summed E-state index contributed by atoms with van der Waals surface area (Å²) in [4.78, 5) is 46.1. The fourth-order valence-corrected chi connectivity index (χ4v) is 4.98. The highest BCUT2D eigenvalue weighted by atomic mass is 19.1. The second kappa shape index (κ2) is 17.5. The van der Waals surface area contributed by atoms with Gasteiger partial charge in [0.05, 0.1) is 13.8 Å². The molecule has 44 heavy (non-hydrogen) atoms. The van der Waals surface area contributed by atoms with Crippen molar-refractivity contribution in [3.63, 3.8) is 0 Å². The van der Waals surface area contributed by atoms with E-state index in [4.69, 9.17) is 19.2 Å². The molecule has 2 heterocycles. The van der Waals surface area contributed by atoms with E-state index in [1.165, 1.54) is 7.11 Å². The topological polar surface area (TPSA) is 110 Å². The number of methoxy groups -OCH3 is 1. The lowest BCUT2D eigenvalue weighted by Crippen LogP contribution is -2.44. The number of nitrogens with one attached hydrogen (secondary N) is 1. The Morgan fingerprint density at radius 3 is 2.50 bits per heavy atom. The average Bonchev–Trinajstić information content (AvgIpc) is 3.01. The number of unbranched alkanes of at least 4 members (excludes halogenated alkanes) is 1. The second-order valence-electron chi connectivity index (χ2n) is 11.9. The number of pyridine rings is 1. The maximum atomic E-state index is 13.0. The van der Waals surface area contributed by atoms with Crippen molar-refractivity contribution in [2.75, 3.05) is 44.9 Å². The normalized spacial score (nSPS) is 13.6. The molecule has 0 unspecified atom stereocenters. The van der Waals surface area contributed by atoms with Crippen LogP contribution in [0.5, 0.6) is 0 Å². The van der Waals surface area contributed by atoms with Crippen molar-refractivity contribution in [2.45, 2.75) is 84.0 Å². The number of aromatic nitrogens is 1. The molecule has 3 rings (SSSR count). The van der Waals surface area contributed by atoms with Gasteiger partial charge in [0, 0.05) is 25.3 Å². The summed E-state index contributed by atoms with van der Waals surface area (Å²) in [5.41, 5.74) is 2.19. The number of hydrogen-bond donors (Lipinski definition) is 1. The zero-order chi connectivity index (χ0) is 32.0. The summed E-state index contributed by atoms with van der Waals surface area (Å²) in [6, 6.07) is 12.4. The number of carbonyl (C=O) groups excluding carboxylic acids is 3. The molecule has 11 heteroatoms. The van der Waals surface area contributed by atoms with E-state index in [2.05, 4.69) is 10.2 Å². The van der Waals surface area contributed by atoms with E-state index < -0.39 is 30.4 Å². The Labute approximate surface area is 260 Å². The Balaban J connectivity index is 1.51. The standard InChI is InChI=1S/C33H47FN4O6/c1-33(2,3)44-32(41)38-22-10-14-26-16-17-27(35-29(26)38)15-8-9-20-37(21-11-19-34)23-18-28(30(39)42-4)36-31(40)43-24-25-12-6-5-7-13-25/h5-7,12-13,16-17,28H,8-11,14-15,18-24H2,1-4H3,(H,36,40)/t28-/m0/s1. The monoisotopic (exact) mass is 614 g/mol. The number of rotatable bonds is 15. The van der Waals surface area contributed by atoms with Gasteiger partial charge in [-0.2, -0.15) is 0 Å². The maximum absolute atomic E-state index is 13.0. The number of halogens is 1. The number of anilines is 1. The van der Waals surface area contributed by atoms with Crippen LogP contribution in [0.3, 0.4) is 0 Å². The van der Waals surface area contributed by atoms with Gasteiger partial charge in [0.1, 0.15) is 24.1 Å². The van der Waals surface area contributed by atoms with Crippen LogP contribution in [-0.2, 0) is 38.5 Å². The lowest BCUT2D eigenvalue weighted by Gasteiger charge is -2.31. The summed E-state index contributed by atoms with van der Waals surface area (Å²) in [5.74, 6) is 0.113. The number of carbonyl (C=O) groups is 3. The molecule has 0 saturated carbocycles. The minimum atomic E-state index is -0.885. The van der Waals surface area contributed by atoms with Crippen molar-refractivity contribution in [3.8, 4) is 0 Å². The molecule has 242 valence electrons. The molecular weight excluding hydrogens is 567 g/mol. The van der Waals surface area contributed by atoms with Gasteiger partial charge >= 0.3 is 18.2 Å². The van der Waals surface area contributed by atoms with Crippen LogP contribution in [0.4, 0.5) is 19.8 Å². The first-order chi connectivity index (χ1) is 21.1. The van der Waals surface area contributed by atoms with Crippen LogP contribution < -0.4 is 10.2 Å². The first kappa shape index (κ1) is 34.8. The molecule has 0 bridgehead atoms. The summed E-state index contributed by atoms with van der Waals surface area (Å²) in [5, 5.41) is 2.61. The molecule has 1 aliphatic rings. The number of benzene rings is 1. The Morgan fingerprint density at radius 2 is 1.80 bits per heavy atom. The minimum absolute atomic E-state index is 0.0846. The summed E-state index contributed by atoms with van der Waals surface area (Å²) in [6.45, 7) is 7.48. The second-order valence-corrected chi connectivity index (χ2v) is 11.9. The molecule has 2 amide bonds. The third kappa shape index (κ3) is 11.7. The van der Waals surface area contributed by atoms with Gasteiger partial charge in [-0.15, -0.1) is 0 Å². The predicted octanol–water partition coefficient (Wildman–Crippen LogP) is 5.61. The molecule has 2 aromatic rings. The minimum Gasteiger partial charge on any atom is -0.467 e. The number of ether oxygens (including phenoxy) is 3. The summed E-state index contributed by atoms with van der Waals surface area (Å²) < 4.78 is 28.8. The van der Waals surface area contributed by atoms with E-state index in [1.54, 1.807) is 4.90 Å². The molecule has 0 spiro atoms. The summed E-state index contributed by atoms with van der Waals surface area (Å²) in [7, 11) is 1.27. The highest BCUT2D eigenvalue weighted by Crippen LogP contribution is 2.27. The Morgan fingerprint density at radius 1 is 1.05 bits per heavy atom. The van der Waals surface area contributed by atoms with Crippen LogP contribution >= 0.6 is 0 Å². The van der Waals surface area contributed by atoms with E-state index in [9.17, 15) is 18.8 Å². The van der Waals surface area contributed by atoms with Crippen LogP contribution in [0, 0.1) is 0 Å². The van der Waals surface area contributed by atoms with Crippen molar-refractivity contribution >= 4 is 24.0 Å². The number of amides is 2. The number of fused-ring (bicyclic) bond motifs is 1. The van der Waals surface area contributed by atoms with E-state index >= 15 is 0 Å². The maximum Gasteiger partial charge on any atom is 0.416 e. The van der Waals surface area contributed by atoms with Crippen molar-refractivity contribution < 1.29 is 33.0 Å². The predicted molar refractivity (Wildman–Crippen MR) is 166 cm³/mol. The smallest absolute Gasteiger partial charge is 0.416 e.